The summed E-state index contributed by atoms with van der Waals surface area (Å²) >= 11 is 0. The Balaban J connectivity index is 3.87. The van der Waals surface area contributed by atoms with Gasteiger partial charge in [0, 0.05) is 0 Å². The fourth-order valence-electron chi connectivity index (χ4n) is 0.349. The molecule has 0 saturated heterocycles. The maximum Gasteiger partial charge on any atom is -0.00790 e. The summed E-state index contributed by atoms with van der Waals surface area (Å²) in [5.41, 5.74) is 1.89. The second kappa shape index (κ2) is 4.64. The van der Waals surface area contributed by atoms with Crippen LogP contribution in [0.3, 0.4) is 0 Å². The molecule has 0 aromatic heterocycles. The van der Waals surface area contributed by atoms with Crippen molar-refractivity contribution in [3.8, 4) is 11.8 Å². The summed E-state index contributed by atoms with van der Waals surface area (Å²) in [4.78, 5) is 0. The van der Waals surface area contributed by atoms with Crippen molar-refractivity contribution in [2.75, 3.05) is 0 Å². The minimum atomic E-state index is 0.881. The fraction of sp³-hybridized carbons (Fsp3) is 0.200. The molecule has 0 nitrogen and oxygen atoms in total. The van der Waals surface area contributed by atoms with E-state index >= 15 is 0 Å². The van der Waals surface area contributed by atoms with Crippen molar-refractivity contribution in [3.63, 3.8) is 0 Å². The summed E-state index contributed by atoms with van der Waals surface area (Å²) in [6, 6.07) is 0. The SMILES string of the molecule is C=C(C)C#C/C=C/C(=C)C. The second-order valence-corrected chi connectivity index (χ2v) is 2.23. The highest BCUT2D eigenvalue weighted by atomic mass is 13.7. The van der Waals surface area contributed by atoms with Crippen LogP contribution in [-0.4, -0.2) is 0 Å². The van der Waals surface area contributed by atoms with Crippen molar-refractivity contribution < 1.29 is 0 Å². The normalized spacial score (nSPS) is 8.60. The Kier molecular flexibility index (Phi) is 4.07. The van der Waals surface area contributed by atoms with E-state index in [1.807, 2.05) is 19.9 Å². The van der Waals surface area contributed by atoms with Gasteiger partial charge in [0.05, 0.1) is 0 Å². The molecule has 0 unspecified atom stereocenters. The van der Waals surface area contributed by atoms with E-state index in [-0.39, 0.29) is 0 Å². The van der Waals surface area contributed by atoms with E-state index in [2.05, 4.69) is 25.0 Å². The highest BCUT2D eigenvalue weighted by molar-refractivity contribution is 5.31. The molecule has 52 valence electrons. The molecular formula is C10H12. The first-order chi connectivity index (χ1) is 4.63. The Morgan fingerprint density at radius 1 is 1.30 bits per heavy atom. The van der Waals surface area contributed by atoms with Gasteiger partial charge in [-0.05, 0) is 25.5 Å². The minimum absolute atomic E-state index is 0.881. The average molecular weight is 132 g/mol. The number of hydrogen-bond acceptors (Lipinski definition) is 0. The van der Waals surface area contributed by atoms with Gasteiger partial charge < -0.3 is 0 Å². The third kappa shape index (κ3) is 6.78. The zero-order valence-corrected chi connectivity index (χ0v) is 6.57. The summed E-state index contributed by atoms with van der Waals surface area (Å²) in [6.07, 6.45) is 3.65. The smallest absolute Gasteiger partial charge is 0.00790 e. The van der Waals surface area contributed by atoms with Crippen molar-refractivity contribution >= 4 is 0 Å². The van der Waals surface area contributed by atoms with E-state index < -0.39 is 0 Å². The van der Waals surface area contributed by atoms with E-state index in [1.165, 1.54) is 0 Å². The third-order valence-electron chi connectivity index (χ3n) is 0.737. The first kappa shape index (κ1) is 8.78. The number of allylic oxidation sites excluding steroid dienone is 4. The molecule has 0 spiro atoms. The molecule has 0 radical (unpaired) electrons. The monoisotopic (exact) mass is 132 g/mol. The van der Waals surface area contributed by atoms with E-state index in [0.717, 1.165) is 11.1 Å². The van der Waals surface area contributed by atoms with Crippen LogP contribution in [0.15, 0.2) is 36.5 Å². The minimum Gasteiger partial charge on any atom is -0.0961 e. The van der Waals surface area contributed by atoms with Crippen molar-refractivity contribution in [2.45, 2.75) is 13.8 Å². The molecule has 0 aromatic rings. The molecule has 0 rings (SSSR count). The third-order valence-corrected chi connectivity index (χ3v) is 0.737. The van der Waals surface area contributed by atoms with Crippen LogP contribution in [0.4, 0.5) is 0 Å². The molecule has 0 aliphatic heterocycles. The van der Waals surface area contributed by atoms with Gasteiger partial charge in [0.2, 0.25) is 0 Å². The van der Waals surface area contributed by atoms with Crippen LogP contribution >= 0.6 is 0 Å². The molecule has 0 atom stereocenters. The molecule has 0 amide bonds. The molecule has 0 aromatic carbocycles. The number of hydrogen-bond donors (Lipinski definition) is 0. The van der Waals surface area contributed by atoms with Gasteiger partial charge >= 0.3 is 0 Å². The fourth-order valence-corrected chi connectivity index (χ4v) is 0.349. The molecule has 0 heterocycles. The Labute approximate surface area is 63.0 Å². The van der Waals surface area contributed by atoms with Gasteiger partial charge in [0.1, 0.15) is 0 Å². The Bertz CT molecular complexity index is 218. The van der Waals surface area contributed by atoms with Gasteiger partial charge in [0.15, 0.2) is 0 Å². The van der Waals surface area contributed by atoms with Crippen molar-refractivity contribution in [1.82, 2.24) is 0 Å². The summed E-state index contributed by atoms with van der Waals surface area (Å²) in [5.74, 6) is 5.65. The second-order valence-electron chi connectivity index (χ2n) is 2.23. The molecule has 0 aliphatic carbocycles. The largest absolute Gasteiger partial charge is 0.0961 e. The lowest BCUT2D eigenvalue weighted by molar-refractivity contribution is 1.57. The van der Waals surface area contributed by atoms with E-state index in [4.69, 9.17) is 0 Å². The predicted octanol–water partition coefficient (Wildman–Crippen LogP) is 2.70. The van der Waals surface area contributed by atoms with Crippen LogP contribution in [0.25, 0.3) is 0 Å². The summed E-state index contributed by atoms with van der Waals surface area (Å²) in [6.45, 7) is 11.1. The lowest BCUT2D eigenvalue weighted by Gasteiger charge is -1.78. The molecular weight excluding hydrogens is 120 g/mol. The lowest BCUT2D eigenvalue weighted by atomic mass is 10.3. The van der Waals surface area contributed by atoms with Gasteiger partial charge in [-0.3, -0.25) is 0 Å². The molecule has 0 heteroatoms. The van der Waals surface area contributed by atoms with Gasteiger partial charge in [-0.1, -0.05) is 36.6 Å². The van der Waals surface area contributed by atoms with E-state index in [1.54, 1.807) is 6.08 Å². The highest BCUT2D eigenvalue weighted by Gasteiger charge is 1.69. The van der Waals surface area contributed by atoms with Crippen LogP contribution in [0.2, 0.25) is 0 Å². The molecule has 0 N–H and O–H groups in total. The van der Waals surface area contributed by atoms with Crippen molar-refractivity contribution in [3.05, 3.63) is 36.5 Å². The first-order valence-corrected chi connectivity index (χ1v) is 3.12. The van der Waals surface area contributed by atoms with Crippen LogP contribution in [-0.2, 0) is 0 Å². The molecule has 0 saturated carbocycles. The summed E-state index contributed by atoms with van der Waals surface area (Å²) in [5, 5.41) is 0. The quantitative estimate of drug-likeness (QED) is 0.380. The van der Waals surface area contributed by atoms with Gasteiger partial charge in [-0.2, -0.15) is 0 Å². The molecule has 0 aliphatic rings. The van der Waals surface area contributed by atoms with Crippen molar-refractivity contribution in [2.24, 2.45) is 0 Å². The Morgan fingerprint density at radius 2 is 1.90 bits per heavy atom. The zero-order chi connectivity index (χ0) is 7.98. The van der Waals surface area contributed by atoms with E-state index in [0.29, 0.717) is 0 Å². The summed E-state index contributed by atoms with van der Waals surface area (Å²) in [7, 11) is 0. The van der Waals surface area contributed by atoms with Crippen LogP contribution in [0.5, 0.6) is 0 Å². The standard InChI is InChI=1S/C10H12/c1-9(2)7-5-6-8-10(3)4/h5,7H,1,3H2,2,4H3/b7-5+. The Morgan fingerprint density at radius 3 is 2.30 bits per heavy atom. The lowest BCUT2D eigenvalue weighted by Crippen LogP contribution is -1.61. The van der Waals surface area contributed by atoms with Crippen LogP contribution in [0.1, 0.15) is 13.8 Å². The Hall–Kier alpha value is -1.22. The maximum atomic E-state index is 3.69. The van der Waals surface area contributed by atoms with Crippen molar-refractivity contribution in [1.29, 1.82) is 0 Å². The van der Waals surface area contributed by atoms with Gasteiger partial charge in [0.25, 0.3) is 0 Å². The maximum absolute atomic E-state index is 3.69. The van der Waals surface area contributed by atoms with Crippen LogP contribution < -0.4 is 0 Å². The van der Waals surface area contributed by atoms with Gasteiger partial charge in [-0.15, -0.1) is 0 Å². The number of rotatable bonds is 1. The highest BCUT2D eigenvalue weighted by Crippen LogP contribution is 1.87. The topological polar surface area (TPSA) is 0 Å². The first-order valence-electron chi connectivity index (χ1n) is 3.12. The predicted molar refractivity (Wildman–Crippen MR) is 46.5 cm³/mol. The van der Waals surface area contributed by atoms with E-state index in [9.17, 15) is 0 Å². The van der Waals surface area contributed by atoms with Crippen LogP contribution in [0, 0.1) is 11.8 Å². The van der Waals surface area contributed by atoms with Gasteiger partial charge in [-0.25, -0.2) is 0 Å². The molecule has 0 fully saturated rings. The molecule has 10 heavy (non-hydrogen) atoms. The average Bonchev–Trinajstić information content (AvgIpc) is 1.79. The summed E-state index contributed by atoms with van der Waals surface area (Å²) < 4.78 is 0. The molecule has 0 bridgehead atoms. The zero-order valence-electron chi connectivity index (χ0n) is 6.57.